The molecule has 1 rings (SSSR count). The van der Waals surface area contributed by atoms with Crippen LogP contribution in [-0.4, -0.2) is 71.2 Å². The number of hydrogen-bond donors (Lipinski definition) is 5. The van der Waals surface area contributed by atoms with Gasteiger partial charge in [-0.1, -0.05) is 26.0 Å². The zero-order chi connectivity index (χ0) is 19.0. The molecule has 1 aliphatic rings. The predicted octanol–water partition coefficient (Wildman–Crippen LogP) is -0.919. The third-order valence-corrected chi connectivity index (χ3v) is 4.07. The lowest BCUT2D eigenvalue weighted by Crippen LogP contribution is -2.55. The van der Waals surface area contributed by atoms with E-state index in [2.05, 4.69) is 10.6 Å². The van der Waals surface area contributed by atoms with Gasteiger partial charge in [0.05, 0.1) is 0 Å². The van der Waals surface area contributed by atoms with Crippen molar-refractivity contribution in [1.82, 2.24) is 10.6 Å². The number of aliphatic hydroxyl groups excluding tert-OH is 3. The summed E-state index contributed by atoms with van der Waals surface area (Å²) in [4.78, 5) is 24.2. The molecule has 5 N–H and O–H groups in total. The number of ether oxygens (including phenoxy) is 1. The molecule has 0 spiro atoms. The Bertz CT molecular complexity index is 468. The highest BCUT2D eigenvalue weighted by Gasteiger charge is 2.36. The maximum absolute atomic E-state index is 12.3. The minimum Gasteiger partial charge on any atom is -0.387 e. The summed E-state index contributed by atoms with van der Waals surface area (Å²) in [6.07, 6.45) is -0.851. The average molecular weight is 358 g/mol. The molecule has 2 amide bonds. The number of methoxy groups -OCH3 is 1. The van der Waals surface area contributed by atoms with Crippen LogP contribution < -0.4 is 10.6 Å². The maximum Gasteiger partial charge on any atom is 0.252 e. The molecule has 0 aromatic heterocycles. The number of carbonyl (C=O) groups excluding carboxylic acids is 2. The largest absolute Gasteiger partial charge is 0.387 e. The molecular weight excluding hydrogens is 328 g/mol. The number of hydrogen-bond acceptors (Lipinski definition) is 6. The van der Waals surface area contributed by atoms with Crippen molar-refractivity contribution in [2.75, 3.05) is 13.7 Å². The highest BCUT2D eigenvalue weighted by molar-refractivity contribution is 5.89. The second-order valence-electron chi connectivity index (χ2n) is 6.60. The van der Waals surface area contributed by atoms with Gasteiger partial charge in [0.15, 0.2) is 6.10 Å². The zero-order valence-electron chi connectivity index (χ0n) is 15.0. The van der Waals surface area contributed by atoms with Crippen molar-refractivity contribution in [2.24, 2.45) is 5.92 Å². The molecule has 0 aliphatic carbocycles. The van der Waals surface area contributed by atoms with Crippen molar-refractivity contribution in [2.45, 2.75) is 63.6 Å². The minimum absolute atomic E-state index is 0.161. The third-order valence-electron chi connectivity index (χ3n) is 4.07. The van der Waals surface area contributed by atoms with Gasteiger partial charge in [-0.2, -0.15) is 0 Å². The van der Waals surface area contributed by atoms with E-state index in [1.807, 2.05) is 13.8 Å². The molecule has 0 radical (unpaired) electrons. The van der Waals surface area contributed by atoms with Gasteiger partial charge in [0, 0.05) is 13.7 Å². The highest BCUT2D eigenvalue weighted by atomic mass is 16.5. The number of aliphatic hydroxyl groups is 3. The second kappa shape index (κ2) is 10.5. The molecule has 8 nitrogen and oxygen atoms in total. The van der Waals surface area contributed by atoms with Crippen LogP contribution in [0.15, 0.2) is 12.2 Å². The van der Waals surface area contributed by atoms with Gasteiger partial charge in [0.2, 0.25) is 5.91 Å². The Morgan fingerprint density at radius 1 is 1.24 bits per heavy atom. The van der Waals surface area contributed by atoms with Gasteiger partial charge in [0.25, 0.3) is 5.91 Å². The first-order valence-electron chi connectivity index (χ1n) is 8.61. The highest BCUT2D eigenvalue weighted by Crippen LogP contribution is 2.12. The number of nitrogens with one attached hydrogen (secondary N) is 2. The first-order valence-corrected chi connectivity index (χ1v) is 8.61. The fraction of sp³-hybridized carbons (Fsp3) is 0.765. The Morgan fingerprint density at radius 2 is 1.92 bits per heavy atom. The Morgan fingerprint density at radius 3 is 2.52 bits per heavy atom. The molecule has 1 fully saturated rings. The molecule has 0 aromatic rings. The van der Waals surface area contributed by atoms with Crippen molar-refractivity contribution in [3.05, 3.63) is 12.2 Å². The van der Waals surface area contributed by atoms with Crippen molar-refractivity contribution >= 4 is 11.8 Å². The van der Waals surface area contributed by atoms with Crippen LogP contribution in [0.2, 0.25) is 0 Å². The SMILES string of the molecule is CO[C@H](C(=O)N[C@H]1CCCCNC1=O)[C@@H](O)[C@H](O)[C@@H](O)/C=C/C(C)C. The van der Waals surface area contributed by atoms with Crippen LogP contribution in [0, 0.1) is 5.92 Å². The summed E-state index contributed by atoms with van der Waals surface area (Å²) in [7, 11) is 1.21. The summed E-state index contributed by atoms with van der Waals surface area (Å²) >= 11 is 0. The molecule has 1 heterocycles. The van der Waals surface area contributed by atoms with Crippen molar-refractivity contribution in [1.29, 1.82) is 0 Å². The number of carbonyl (C=O) groups is 2. The van der Waals surface area contributed by atoms with Crippen LogP contribution in [0.5, 0.6) is 0 Å². The molecule has 1 aliphatic heterocycles. The lowest BCUT2D eigenvalue weighted by atomic mass is 10.0. The van der Waals surface area contributed by atoms with Gasteiger partial charge >= 0.3 is 0 Å². The topological polar surface area (TPSA) is 128 Å². The lowest BCUT2D eigenvalue weighted by molar-refractivity contribution is -0.150. The van der Waals surface area contributed by atoms with E-state index in [1.165, 1.54) is 13.2 Å². The summed E-state index contributed by atoms with van der Waals surface area (Å²) in [5, 5.41) is 35.4. The van der Waals surface area contributed by atoms with E-state index in [4.69, 9.17) is 4.74 Å². The Labute approximate surface area is 148 Å². The number of rotatable bonds is 8. The van der Waals surface area contributed by atoms with Crippen LogP contribution in [0.4, 0.5) is 0 Å². The van der Waals surface area contributed by atoms with Crippen molar-refractivity contribution in [3.63, 3.8) is 0 Å². The van der Waals surface area contributed by atoms with Crippen molar-refractivity contribution in [3.8, 4) is 0 Å². The summed E-state index contributed by atoms with van der Waals surface area (Å²) in [5.41, 5.74) is 0. The standard InChI is InChI=1S/C17H30N2O6/c1-10(2)7-8-12(20)13(21)14(22)15(25-3)17(24)19-11-6-4-5-9-18-16(11)23/h7-8,10-15,20-22H,4-6,9H2,1-3H3,(H,18,23)(H,19,24)/b8-7+/t11-,12-,13+,14-,15-/m0/s1. The normalized spacial score (nSPS) is 23.6. The van der Waals surface area contributed by atoms with Crippen molar-refractivity contribution < 1.29 is 29.6 Å². The Hall–Kier alpha value is -1.48. The lowest BCUT2D eigenvalue weighted by Gasteiger charge is -2.28. The van der Waals surface area contributed by atoms with Gasteiger partial charge in [-0.25, -0.2) is 0 Å². The molecule has 0 bridgehead atoms. The molecule has 0 unspecified atom stereocenters. The van der Waals surface area contributed by atoms with Gasteiger partial charge in [-0.3, -0.25) is 9.59 Å². The van der Waals surface area contributed by atoms with Crippen LogP contribution in [-0.2, 0) is 14.3 Å². The third kappa shape index (κ3) is 6.74. The smallest absolute Gasteiger partial charge is 0.252 e. The number of allylic oxidation sites excluding steroid dienone is 1. The quantitative estimate of drug-likeness (QED) is 0.357. The van der Waals surface area contributed by atoms with E-state index in [-0.39, 0.29) is 11.8 Å². The average Bonchev–Trinajstić information content (AvgIpc) is 2.77. The molecular formula is C17H30N2O6. The van der Waals surface area contributed by atoms with Crippen LogP contribution in [0.3, 0.4) is 0 Å². The van der Waals surface area contributed by atoms with E-state index in [9.17, 15) is 24.9 Å². The first-order chi connectivity index (χ1) is 11.8. The summed E-state index contributed by atoms with van der Waals surface area (Å²) in [5.74, 6) is -0.832. The summed E-state index contributed by atoms with van der Waals surface area (Å²) in [6.45, 7) is 4.36. The van der Waals surface area contributed by atoms with Gasteiger partial charge < -0.3 is 30.7 Å². The molecule has 8 heteroatoms. The molecule has 0 saturated carbocycles. The molecule has 1 saturated heterocycles. The van der Waals surface area contributed by atoms with Gasteiger partial charge in [0.1, 0.15) is 24.4 Å². The Balaban J connectivity index is 2.71. The van der Waals surface area contributed by atoms with E-state index in [0.29, 0.717) is 13.0 Å². The fourth-order valence-corrected chi connectivity index (χ4v) is 2.56. The van der Waals surface area contributed by atoms with E-state index < -0.39 is 36.4 Å². The summed E-state index contributed by atoms with van der Waals surface area (Å²) < 4.78 is 4.99. The zero-order valence-corrected chi connectivity index (χ0v) is 15.0. The molecule has 0 aromatic carbocycles. The first kappa shape index (κ1) is 21.6. The Kier molecular flexibility index (Phi) is 9.05. The van der Waals surface area contributed by atoms with Crippen LogP contribution in [0.1, 0.15) is 33.1 Å². The number of amides is 2. The van der Waals surface area contributed by atoms with Gasteiger partial charge in [-0.05, 0) is 25.2 Å². The minimum atomic E-state index is -1.65. The van der Waals surface area contributed by atoms with E-state index in [1.54, 1.807) is 6.08 Å². The van der Waals surface area contributed by atoms with Gasteiger partial charge in [-0.15, -0.1) is 0 Å². The second-order valence-corrected chi connectivity index (χ2v) is 6.60. The molecule has 144 valence electrons. The monoisotopic (exact) mass is 358 g/mol. The molecule has 25 heavy (non-hydrogen) atoms. The van der Waals surface area contributed by atoms with Crippen LogP contribution >= 0.6 is 0 Å². The van der Waals surface area contributed by atoms with E-state index >= 15 is 0 Å². The fourth-order valence-electron chi connectivity index (χ4n) is 2.56. The predicted molar refractivity (Wildman–Crippen MR) is 91.6 cm³/mol. The molecule has 5 atom stereocenters. The maximum atomic E-state index is 12.3. The van der Waals surface area contributed by atoms with E-state index in [0.717, 1.165) is 12.8 Å². The van der Waals surface area contributed by atoms with Crippen LogP contribution in [0.25, 0.3) is 0 Å². The summed E-state index contributed by atoms with van der Waals surface area (Å²) in [6, 6.07) is -0.706.